The van der Waals surface area contributed by atoms with Gasteiger partial charge in [-0.3, -0.25) is 19.3 Å². The Morgan fingerprint density at radius 2 is 1.77 bits per heavy atom. The molecule has 7 aliphatic rings. The first-order valence-electron chi connectivity index (χ1n) is 18.0. The van der Waals surface area contributed by atoms with Crippen LogP contribution >= 0.6 is 0 Å². The lowest BCUT2D eigenvalue weighted by molar-refractivity contribution is -0.256. The molecule has 2 bridgehead atoms. The summed E-state index contributed by atoms with van der Waals surface area (Å²) in [5, 5.41) is 39.8. The number of aromatic hydroxyl groups is 2. The number of carbonyl (C=O) groups is 3. The zero-order chi connectivity index (χ0) is 36.2. The first kappa shape index (κ1) is 34.1. The molecule has 2 aromatic rings. The second-order valence-electron chi connectivity index (χ2n) is 15.0. The van der Waals surface area contributed by atoms with Crippen molar-refractivity contribution in [3.63, 3.8) is 0 Å². The summed E-state index contributed by atoms with van der Waals surface area (Å²) in [5.41, 5.74) is -2.88. The minimum atomic E-state index is -2.07. The first-order chi connectivity index (χ1) is 25.0. The van der Waals surface area contributed by atoms with Gasteiger partial charge < -0.3 is 54.0 Å². The zero-order valence-electron chi connectivity index (χ0n) is 29.2. The van der Waals surface area contributed by atoms with Gasteiger partial charge in [0.1, 0.15) is 29.0 Å². The van der Waals surface area contributed by atoms with Gasteiger partial charge in [-0.15, -0.1) is 0 Å². The Hall–Kier alpha value is -3.67. The van der Waals surface area contributed by atoms with Crippen LogP contribution in [0, 0.1) is 0 Å². The molecule has 5 fully saturated rings. The van der Waals surface area contributed by atoms with Crippen LogP contribution in [-0.4, -0.2) is 138 Å². The SMILES string of the molecule is COc1cccc2c1C(=O)c1c(O)c3c(c(O)c1C2=O)C[C@@](O)(C(=O)N1CC2CCC(C1)N2)C[C@@H]3O[C@H]1C[C@H]2[C@H](O[C@@H]3[C@@H](OC)OCCN32)[C@H](C)O1. The molecule has 5 aliphatic heterocycles. The molecule has 5 heterocycles. The van der Waals surface area contributed by atoms with Gasteiger partial charge in [-0.05, 0) is 25.8 Å². The molecular weight excluding hydrogens is 678 g/mol. The molecule has 0 spiro atoms. The number of aliphatic hydroxyl groups is 1. The number of hydrogen-bond donors (Lipinski definition) is 4. The number of ether oxygens (including phenoxy) is 6. The van der Waals surface area contributed by atoms with Crippen molar-refractivity contribution in [1.29, 1.82) is 0 Å². The standard InChI is InChI=1S/C37H43N3O12/c1-16-33-21(40-9-10-49-35(48-3)34(40)52-33)11-24(50-16)51-23-13-37(46,36(45)39-14-17-7-8-18(15-39)38-17)12-20-26(23)32(44)28-27(30(20)42)29(41)19-5-4-6-22(47-2)25(19)31(28)43/h4-6,16-18,21,23-24,33-35,38,42,44,46H,7-15H2,1-3H3/t16-,17?,18?,21-,23-,24-,33+,34+,35-,37-/m0/s1. The maximum Gasteiger partial charge on any atom is 0.255 e. The Labute approximate surface area is 299 Å². The highest BCUT2D eigenvalue weighted by Crippen LogP contribution is 2.53. The van der Waals surface area contributed by atoms with Gasteiger partial charge in [0.2, 0.25) is 5.78 Å². The number of morpholine rings is 1. The van der Waals surface area contributed by atoms with Crippen molar-refractivity contribution in [1.82, 2.24) is 15.1 Å². The van der Waals surface area contributed by atoms with Crippen LogP contribution < -0.4 is 10.1 Å². The third kappa shape index (κ3) is 5.05. The van der Waals surface area contributed by atoms with E-state index in [4.69, 9.17) is 28.4 Å². The minimum absolute atomic E-state index is 0.00722. The Bertz CT molecular complexity index is 1840. The number of carbonyl (C=O) groups excluding carboxylic acids is 3. The predicted octanol–water partition coefficient (Wildman–Crippen LogP) is 1.11. The lowest BCUT2D eigenvalue weighted by Crippen LogP contribution is -2.60. The number of benzene rings is 2. The van der Waals surface area contributed by atoms with E-state index in [0.29, 0.717) is 32.7 Å². The lowest BCUT2D eigenvalue weighted by atomic mass is 9.72. The fourth-order valence-corrected chi connectivity index (χ4v) is 9.75. The van der Waals surface area contributed by atoms with Crippen LogP contribution in [0.4, 0.5) is 0 Å². The summed E-state index contributed by atoms with van der Waals surface area (Å²) in [6, 6.07) is 4.63. The molecule has 9 rings (SSSR count). The Morgan fingerprint density at radius 1 is 1.02 bits per heavy atom. The predicted molar refractivity (Wildman–Crippen MR) is 178 cm³/mol. The molecule has 2 unspecified atom stereocenters. The van der Waals surface area contributed by atoms with Crippen molar-refractivity contribution in [3.05, 3.63) is 51.6 Å². The molecule has 2 aliphatic carbocycles. The fraction of sp³-hybridized carbons (Fsp3) is 0.595. The van der Waals surface area contributed by atoms with Gasteiger partial charge >= 0.3 is 0 Å². The summed E-state index contributed by atoms with van der Waals surface area (Å²) < 4.78 is 36.1. The number of nitrogens with one attached hydrogen (secondary N) is 1. The summed E-state index contributed by atoms with van der Waals surface area (Å²) in [5.74, 6) is -2.92. The van der Waals surface area contributed by atoms with Crippen molar-refractivity contribution in [3.8, 4) is 17.2 Å². The third-order valence-electron chi connectivity index (χ3n) is 12.1. The number of hydrogen-bond acceptors (Lipinski definition) is 14. The van der Waals surface area contributed by atoms with Gasteiger partial charge in [0.15, 0.2) is 24.6 Å². The molecule has 10 atom stereocenters. The van der Waals surface area contributed by atoms with E-state index in [9.17, 15) is 29.7 Å². The summed E-state index contributed by atoms with van der Waals surface area (Å²) >= 11 is 0. The van der Waals surface area contributed by atoms with Crippen LogP contribution in [0.3, 0.4) is 0 Å². The van der Waals surface area contributed by atoms with E-state index >= 15 is 0 Å². The molecule has 1 amide bonds. The molecule has 0 aromatic heterocycles. The van der Waals surface area contributed by atoms with Crippen LogP contribution in [0.15, 0.2) is 18.2 Å². The number of phenolic OH excluding ortho intramolecular Hbond substituents is 2. The highest BCUT2D eigenvalue weighted by atomic mass is 16.7. The van der Waals surface area contributed by atoms with E-state index < -0.39 is 77.6 Å². The van der Waals surface area contributed by atoms with Crippen LogP contribution in [0.2, 0.25) is 0 Å². The van der Waals surface area contributed by atoms with E-state index in [-0.39, 0.29) is 64.2 Å². The van der Waals surface area contributed by atoms with E-state index in [1.54, 1.807) is 24.1 Å². The van der Waals surface area contributed by atoms with E-state index in [1.165, 1.54) is 13.2 Å². The summed E-state index contributed by atoms with van der Waals surface area (Å²) in [4.78, 5) is 46.3. The summed E-state index contributed by atoms with van der Waals surface area (Å²) in [6.07, 6.45) is -2.43. The number of piperazine rings is 1. The maximum atomic E-state index is 14.3. The van der Waals surface area contributed by atoms with Crippen molar-refractivity contribution in [2.45, 2.75) is 99.9 Å². The summed E-state index contributed by atoms with van der Waals surface area (Å²) in [7, 11) is 2.94. The number of rotatable bonds is 5. The molecule has 0 radical (unpaired) electrons. The van der Waals surface area contributed by atoms with Gasteiger partial charge in [-0.2, -0.15) is 0 Å². The molecule has 0 saturated carbocycles. The molecule has 15 nitrogen and oxygen atoms in total. The van der Waals surface area contributed by atoms with Crippen molar-refractivity contribution in [2.24, 2.45) is 0 Å². The molecule has 5 saturated heterocycles. The smallest absolute Gasteiger partial charge is 0.255 e. The van der Waals surface area contributed by atoms with Gasteiger partial charge in [-0.1, -0.05) is 12.1 Å². The maximum absolute atomic E-state index is 14.3. The van der Waals surface area contributed by atoms with E-state index in [0.717, 1.165) is 12.8 Å². The molecule has 52 heavy (non-hydrogen) atoms. The van der Waals surface area contributed by atoms with Crippen molar-refractivity contribution in [2.75, 3.05) is 40.5 Å². The number of amides is 1. The Balaban J connectivity index is 1.11. The number of nitrogens with zero attached hydrogens (tertiary/aromatic N) is 2. The Morgan fingerprint density at radius 3 is 2.50 bits per heavy atom. The van der Waals surface area contributed by atoms with Gasteiger partial charge in [0, 0.05) is 80.8 Å². The number of phenols is 2. The highest BCUT2D eigenvalue weighted by molar-refractivity contribution is 6.31. The van der Waals surface area contributed by atoms with Crippen LogP contribution in [0.1, 0.15) is 81.7 Å². The van der Waals surface area contributed by atoms with E-state index in [1.807, 2.05) is 6.92 Å². The van der Waals surface area contributed by atoms with Crippen LogP contribution in [0.25, 0.3) is 0 Å². The molecule has 15 heteroatoms. The average molecular weight is 722 g/mol. The van der Waals surface area contributed by atoms with E-state index in [2.05, 4.69) is 10.2 Å². The van der Waals surface area contributed by atoms with Gasteiger partial charge in [0.05, 0.1) is 42.6 Å². The van der Waals surface area contributed by atoms with Crippen LogP contribution in [-0.2, 0) is 34.9 Å². The highest BCUT2D eigenvalue weighted by Gasteiger charge is 2.56. The second kappa shape index (κ2) is 12.5. The molecular formula is C37H43N3O12. The average Bonchev–Trinajstić information content (AvgIpc) is 3.69. The van der Waals surface area contributed by atoms with Crippen molar-refractivity contribution >= 4 is 17.5 Å². The third-order valence-corrected chi connectivity index (χ3v) is 12.1. The van der Waals surface area contributed by atoms with Crippen molar-refractivity contribution < 1.29 is 58.1 Å². The number of methoxy groups -OCH3 is 2. The minimum Gasteiger partial charge on any atom is -0.507 e. The monoisotopic (exact) mass is 721 g/mol. The number of ketones is 2. The second-order valence-corrected chi connectivity index (χ2v) is 15.0. The molecule has 278 valence electrons. The number of likely N-dealkylation sites (tertiary alicyclic amines) is 1. The number of fused-ring (bicyclic) bond motifs is 8. The molecule has 4 N–H and O–H groups in total. The quantitative estimate of drug-likeness (QED) is 0.275. The van der Waals surface area contributed by atoms with Gasteiger partial charge in [-0.25, -0.2) is 0 Å². The van der Waals surface area contributed by atoms with Crippen LogP contribution in [0.5, 0.6) is 17.2 Å². The normalized spacial score (nSPS) is 36.5. The zero-order valence-corrected chi connectivity index (χ0v) is 29.2. The van der Waals surface area contributed by atoms with Gasteiger partial charge in [0.25, 0.3) is 5.91 Å². The largest absolute Gasteiger partial charge is 0.507 e. The summed E-state index contributed by atoms with van der Waals surface area (Å²) in [6.45, 7) is 3.74. The lowest BCUT2D eigenvalue weighted by Gasteiger charge is -2.45. The Kier molecular flexibility index (Phi) is 8.17. The molecule has 2 aromatic carbocycles. The topological polar surface area (TPSA) is 186 Å². The first-order valence-corrected chi connectivity index (χ1v) is 18.0. The fourth-order valence-electron chi connectivity index (χ4n) is 9.75.